The molecule has 1 unspecified atom stereocenters. The van der Waals surface area contributed by atoms with Crippen molar-refractivity contribution in [3.8, 4) is 0 Å². The molecule has 0 aromatic rings. The van der Waals surface area contributed by atoms with Crippen molar-refractivity contribution in [1.29, 1.82) is 0 Å². The summed E-state index contributed by atoms with van der Waals surface area (Å²) in [4.78, 5) is 2.51. The van der Waals surface area contributed by atoms with Crippen LogP contribution in [0.3, 0.4) is 0 Å². The first-order valence-electron chi connectivity index (χ1n) is 5.85. The van der Waals surface area contributed by atoms with Gasteiger partial charge in [-0.2, -0.15) is 0 Å². The lowest BCUT2D eigenvalue weighted by molar-refractivity contribution is -0.135. The van der Waals surface area contributed by atoms with E-state index in [2.05, 4.69) is 24.1 Å². The van der Waals surface area contributed by atoms with Gasteiger partial charge in [-0.15, -0.1) is 0 Å². The minimum Gasteiger partial charge on any atom is -0.369 e. The molecule has 2 aliphatic rings. The van der Waals surface area contributed by atoms with Gasteiger partial charge < -0.3 is 15.0 Å². The molecule has 0 aliphatic carbocycles. The molecule has 2 fully saturated rings. The highest BCUT2D eigenvalue weighted by molar-refractivity contribution is 4.92. The van der Waals surface area contributed by atoms with Gasteiger partial charge in [0, 0.05) is 26.2 Å². The second kappa shape index (κ2) is 4.17. The second-order valence-electron chi connectivity index (χ2n) is 4.68. The quantitative estimate of drug-likeness (QED) is 0.676. The number of hydrogen-bond acceptors (Lipinski definition) is 3. The summed E-state index contributed by atoms with van der Waals surface area (Å²) in [5, 5.41) is 3.48. The smallest absolute Gasteiger partial charge is 0.0834 e. The first-order chi connectivity index (χ1) is 6.74. The van der Waals surface area contributed by atoms with Crippen molar-refractivity contribution in [2.45, 2.75) is 38.4 Å². The molecule has 0 amide bonds. The Morgan fingerprint density at radius 2 is 2.14 bits per heavy atom. The molecular weight excluding hydrogens is 176 g/mol. The van der Waals surface area contributed by atoms with Crippen molar-refractivity contribution < 1.29 is 4.74 Å². The molecule has 14 heavy (non-hydrogen) atoms. The number of piperidine rings is 1. The highest BCUT2D eigenvalue weighted by Gasteiger charge is 2.38. The third kappa shape index (κ3) is 2.10. The van der Waals surface area contributed by atoms with Gasteiger partial charge in [-0.1, -0.05) is 6.92 Å². The maximum atomic E-state index is 6.12. The van der Waals surface area contributed by atoms with Crippen LogP contribution in [0.15, 0.2) is 0 Å². The van der Waals surface area contributed by atoms with E-state index in [1.165, 1.54) is 32.5 Å². The van der Waals surface area contributed by atoms with E-state index < -0.39 is 0 Å². The van der Waals surface area contributed by atoms with Crippen molar-refractivity contribution in [3.63, 3.8) is 0 Å². The fraction of sp³-hybridized carbons (Fsp3) is 1.00. The zero-order valence-corrected chi connectivity index (χ0v) is 9.38. The maximum Gasteiger partial charge on any atom is 0.0834 e. The molecule has 0 aromatic heterocycles. The van der Waals surface area contributed by atoms with Crippen LogP contribution in [0, 0.1) is 0 Å². The van der Waals surface area contributed by atoms with Crippen LogP contribution in [0.2, 0.25) is 0 Å². The van der Waals surface area contributed by atoms with Crippen molar-refractivity contribution in [3.05, 3.63) is 0 Å². The Labute approximate surface area is 86.8 Å². The van der Waals surface area contributed by atoms with Crippen LogP contribution >= 0.6 is 0 Å². The second-order valence-corrected chi connectivity index (χ2v) is 4.68. The van der Waals surface area contributed by atoms with E-state index in [0.29, 0.717) is 6.10 Å². The highest BCUT2D eigenvalue weighted by atomic mass is 16.5. The summed E-state index contributed by atoms with van der Waals surface area (Å²) in [5.41, 5.74) is 0.156. The minimum absolute atomic E-state index is 0.156. The topological polar surface area (TPSA) is 24.5 Å². The van der Waals surface area contributed by atoms with Crippen LogP contribution in [0.1, 0.15) is 26.7 Å². The Kier molecular flexibility index (Phi) is 3.10. The summed E-state index contributed by atoms with van der Waals surface area (Å²) in [7, 11) is 0. The third-order valence-corrected chi connectivity index (χ3v) is 3.54. The SMILES string of the molecule is CCN1CCC2(CC1)CNCC(C)O2. The molecule has 3 heteroatoms. The maximum absolute atomic E-state index is 6.12. The fourth-order valence-electron chi connectivity index (χ4n) is 2.58. The van der Waals surface area contributed by atoms with E-state index in [0.717, 1.165) is 13.1 Å². The summed E-state index contributed by atoms with van der Waals surface area (Å²) < 4.78 is 6.12. The Balaban J connectivity index is 1.91. The molecule has 0 saturated carbocycles. The molecule has 1 N–H and O–H groups in total. The van der Waals surface area contributed by atoms with Gasteiger partial charge in [0.1, 0.15) is 0 Å². The molecule has 2 heterocycles. The van der Waals surface area contributed by atoms with Gasteiger partial charge in [-0.25, -0.2) is 0 Å². The molecular formula is C11H22N2O. The van der Waals surface area contributed by atoms with Gasteiger partial charge in [0.25, 0.3) is 0 Å². The first-order valence-corrected chi connectivity index (χ1v) is 5.85. The van der Waals surface area contributed by atoms with E-state index >= 15 is 0 Å². The van der Waals surface area contributed by atoms with Crippen LogP contribution in [0.5, 0.6) is 0 Å². The molecule has 1 atom stereocenters. The Morgan fingerprint density at radius 3 is 2.71 bits per heavy atom. The number of ether oxygens (including phenoxy) is 1. The summed E-state index contributed by atoms with van der Waals surface area (Å²) in [6, 6.07) is 0. The zero-order valence-electron chi connectivity index (χ0n) is 9.38. The Bertz CT molecular complexity index is 188. The number of nitrogens with one attached hydrogen (secondary N) is 1. The molecule has 0 aromatic carbocycles. The van der Waals surface area contributed by atoms with Gasteiger partial charge >= 0.3 is 0 Å². The van der Waals surface area contributed by atoms with Crippen LogP contribution in [-0.4, -0.2) is 49.3 Å². The first kappa shape index (κ1) is 10.4. The third-order valence-electron chi connectivity index (χ3n) is 3.54. The summed E-state index contributed by atoms with van der Waals surface area (Å²) in [6.07, 6.45) is 2.77. The molecule has 2 saturated heterocycles. The van der Waals surface area contributed by atoms with E-state index in [9.17, 15) is 0 Å². The fourth-order valence-corrected chi connectivity index (χ4v) is 2.58. The molecule has 2 rings (SSSR count). The number of rotatable bonds is 1. The van der Waals surface area contributed by atoms with Gasteiger partial charge in [0.05, 0.1) is 11.7 Å². The van der Waals surface area contributed by atoms with Gasteiger partial charge in [-0.05, 0) is 26.3 Å². The van der Waals surface area contributed by atoms with Crippen molar-refractivity contribution in [2.75, 3.05) is 32.7 Å². The standard InChI is InChI=1S/C11H22N2O/c1-3-13-6-4-11(5-7-13)9-12-8-10(2)14-11/h10,12H,3-9H2,1-2H3. The van der Waals surface area contributed by atoms with Crippen LogP contribution in [-0.2, 0) is 4.74 Å². The van der Waals surface area contributed by atoms with Crippen LogP contribution < -0.4 is 5.32 Å². The predicted molar refractivity (Wildman–Crippen MR) is 57.5 cm³/mol. The van der Waals surface area contributed by atoms with E-state index in [1.54, 1.807) is 0 Å². The molecule has 0 bridgehead atoms. The lowest BCUT2D eigenvalue weighted by Gasteiger charge is -2.46. The van der Waals surface area contributed by atoms with Crippen molar-refractivity contribution >= 4 is 0 Å². The summed E-state index contributed by atoms with van der Waals surface area (Å²) >= 11 is 0. The number of likely N-dealkylation sites (tertiary alicyclic amines) is 1. The number of morpholine rings is 1. The van der Waals surface area contributed by atoms with E-state index in [1.807, 2.05) is 0 Å². The average Bonchev–Trinajstić information content (AvgIpc) is 2.19. The number of hydrogen-bond donors (Lipinski definition) is 1. The van der Waals surface area contributed by atoms with E-state index in [4.69, 9.17) is 4.74 Å². The van der Waals surface area contributed by atoms with E-state index in [-0.39, 0.29) is 5.60 Å². The molecule has 1 spiro atoms. The minimum atomic E-state index is 0.156. The van der Waals surface area contributed by atoms with Gasteiger partial charge in [0.2, 0.25) is 0 Å². The predicted octanol–water partition coefficient (Wildman–Crippen LogP) is 0.849. The zero-order chi connectivity index (χ0) is 10.0. The Morgan fingerprint density at radius 1 is 1.43 bits per heavy atom. The van der Waals surface area contributed by atoms with Gasteiger partial charge in [-0.3, -0.25) is 0 Å². The largest absolute Gasteiger partial charge is 0.369 e. The van der Waals surface area contributed by atoms with Crippen molar-refractivity contribution in [2.24, 2.45) is 0 Å². The monoisotopic (exact) mass is 198 g/mol. The lowest BCUT2D eigenvalue weighted by atomic mass is 9.89. The van der Waals surface area contributed by atoms with Crippen molar-refractivity contribution in [1.82, 2.24) is 10.2 Å². The summed E-state index contributed by atoms with van der Waals surface area (Å²) in [6.45, 7) is 10.0. The van der Waals surface area contributed by atoms with Crippen LogP contribution in [0.4, 0.5) is 0 Å². The van der Waals surface area contributed by atoms with Gasteiger partial charge in [0.15, 0.2) is 0 Å². The van der Waals surface area contributed by atoms with Crippen LogP contribution in [0.25, 0.3) is 0 Å². The summed E-state index contributed by atoms with van der Waals surface area (Å²) in [5.74, 6) is 0. The normalized spacial score (nSPS) is 33.4. The molecule has 3 nitrogen and oxygen atoms in total. The molecule has 82 valence electrons. The number of nitrogens with zero attached hydrogens (tertiary/aromatic N) is 1. The molecule has 0 radical (unpaired) electrons. The average molecular weight is 198 g/mol. The highest BCUT2D eigenvalue weighted by Crippen LogP contribution is 2.29. The lowest BCUT2D eigenvalue weighted by Crippen LogP contribution is -2.57. The Hall–Kier alpha value is -0.120. The molecule has 2 aliphatic heterocycles.